The van der Waals surface area contributed by atoms with Crippen molar-refractivity contribution in [2.45, 2.75) is 72.4 Å². The van der Waals surface area contributed by atoms with Crippen molar-refractivity contribution in [1.82, 2.24) is 10.6 Å². The van der Waals surface area contributed by atoms with Gasteiger partial charge in [-0.25, -0.2) is 4.79 Å². The smallest absolute Gasteiger partial charge is 0.407 e. The molecule has 1 fully saturated rings. The van der Waals surface area contributed by atoms with Crippen LogP contribution in [0.25, 0.3) is 0 Å². The Morgan fingerprint density at radius 3 is 2.30 bits per heavy atom. The number of aliphatic hydroxyl groups is 1. The van der Waals surface area contributed by atoms with E-state index in [1.807, 2.05) is 0 Å². The molecule has 2 amide bonds. The summed E-state index contributed by atoms with van der Waals surface area (Å²) < 4.78 is 10.8. The summed E-state index contributed by atoms with van der Waals surface area (Å²) in [6.45, 7) is 11.7. The third-order valence-electron chi connectivity index (χ3n) is 5.79. The van der Waals surface area contributed by atoms with Crippen molar-refractivity contribution in [1.29, 1.82) is 0 Å². The number of Topliss-reactive ketones (excluding diaryl/α,β-unsaturated/α-hetero) is 1. The van der Waals surface area contributed by atoms with Gasteiger partial charge in [0.05, 0.1) is 0 Å². The minimum atomic E-state index is -1.43. The quantitative estimate of drug-likeness (QED) is 0.383. The fourth-order valence-electron chi connectivity index (χ4n) is 4.77. The third-order valence-corrected chi connectivity index (χ3v) is 5.79. The Kier molecular flexibility index (Phi) is 8.52. The van der Waals surface area contributed by atoms with Crippen LogP contribution in [0.4, 0.5) is 4.79 Å². The zero-order valence-electron chi connectivity index (χ0n) is 20.6. The topological polar surface area (TPSA) is 114 Å². The molecule has 1 saturated carbocycles. The van der Waals surface area contributed by atoms with Crippen molar-refractivity contribution >= 4 is 17.8 Å². The molecule has 8 nitrogen and oxygen atoms in total. The maximum absolute atomic E-state index is 12.3. The Hall–Kier alpha value is -2.61. The van der Waals surface area contributed by atoms with Gasteiger partial charge in [0.25, 0.3) is 0 Å². The molecule has 0 saturated heterocycles. The zero-order valence-corrected chi connectivity index (χ0v) is 20.6. The highest BCUT2D eigenvalue weighted by Crippen LogP contribution is 2.45. The highest BCUT2D eigenvalue weighted by Gasteiger charge is 2.41. The van der Waals surface area contributed by atoms with E-state index in [1.165, 1.54) is 20.8 Å². The molecule has 0 spiro atoms. The molecule has 0 aliphatic heterocycles. The molecule has 0 heterocycles. The maximum Gasteiger partial charge on any atom is 0.407 e. The molecule has 0 radical (unpaired) electrons. The maximum atomic E-state index is 12.3. The second kappa shape index (κ2) is 10.5. The summed E-state index contributed by atoms with van der Waals surface area (Å²) in [5.74, 6) is 0.115. The van der Waals surface area contributed by atoms with Gasteiger partial charge in [0.2, 0.25) is 5.91 Å². The van der Waals surface area contributed by atoms with Crippen LogP contribution in [0.1, 0.15) is 71.2 Å². The highest BCUT2D eigenvalue weighted by atomic mass is 16.6. The molecule has 1 aromatic carbocycles. The Bertz CT molecular complexity index is 843. The first-order valence-electron chi connectivity index (χ1n) is 11.4. The van der Waals surface area contributed by atoms with E-state index in [-0.39, 0.29) is 41.8 Å². The number of alkyl carbamates (subject to hydrolysis) is 1. The molecule has 2 atom stereocenters. The van der Waals surface area contributed by atoms with Gasteiger partial charge < -0.3 is 25.2 Å². The molecule has 8 heteroatoms. The van der Waals surface area contributed by atoms with E-state index < -0.39 is 11.7 Å². The van der Waals surface area contributed by atoms with Gasteiger partial charge in [-0.15, -0.1) is 0 Å². The molecule has 3 N–H and O–H groups in total. The van der Waals surface area contributed by atoms with Crippen molar-refractivity contribution in [3.63, 3.8) is 0 Å². The van der Waals surface area contributed by atoms with Crippen molar-refractivity contribution in [3.8, 4) is 5.75 Å². The number of rotatable bonds is 9. The largest absolute Gasteiger partial charge is 0.490 e. The lowest BCUT2D eigenvalue weighted by atomic mass is 9.62. The number of nitrogens with one attached hydrogen (secondary N) is 2. The molecule has 2 unspecified atom stereocenters. The van der Waals surface area contributed by atoms with Crippen LogP contribution >= 0.6 is 0 Å². The van der Waals surface area contributed by atoms with Gasteiger partial charge in [0.1, 0.15) is 24.6 Å². The van der Waals surface area contributed by atoms with Gasteiger partial charge >= 0.3 is 6.09 Å². The minimum Gasteiger partial charge on any atom is -0.490 e. The summed E-state index contributed by atoms with van der Waals surface area (Å²) in [7, 11) is 0. The van der Waals surface area contributed by atoms with Crippen LogP contribution in [0.3, 0.4) is 0 Å². The standard InChI is InChI=1S/C25H38N2O6/c1-17(28)26-16-25(6)14-19(13-23(2,3)15-25)27-22(30)33-12-11-32-20-9-7-18(8-10-20)21(29)24(4,5)31/h7-10,19,31H,11-16H2,1-6H3,(H,26,28)(H,27,30). The average molecular weight is 463 g/mol. The van der Waals surface area contributed by atoms with Gasteiger partial charge in [-0.3, -0.25) is 9.59 Å². The van der Waals surface area contributed by atoms with E-state index in [2.05, 4.69) is 31.4 Å². The lowest BCUT2D eigenvalue weighted by Crippen LogP contribution is -2.50. The molecule has 1 aliphatic carbocycles. The number of benzene rings is 1. The van der Waals surface area contributed by atoms with Crippen molar-refractivity contribution < 1.29 is 29.0 Å². The first kappa shape index (κ1) is 26.6. The van der Waals surface area contributed by atoms with Crippen LogP contribution in [0.15, 0.2) is 24.3 Å². The molecule has 184 valence electrons. The van der Waals surface area contributed by atoms with Crippen LogP contribution in [0, 0.1) is 10.8 Å². The molecule has 1 aromatic rings. The first-order chi connectivity index (χ1) is 15.2. The van der Waals surface area contributed by atoms with Gasteiger partial charge in [0, 0.05) is 25.1 Å². The van der Waals surface area contributed by atoms with Crippen LogP contribution in [0.2, 0.25) is 0 Å². The van der Waals surface area contributed by atoms with Gasteiger partial charge in [-0.2, -0.15) is 0 Å². The number of amides is 2. The summed E-state index contributed by atoms with van der Waals surface area (Å²) in [4.78, 5) is 35.7. The molecule has 1 aliphatic rings. The summed E-state index contributed by atoms with van der Waals surface area (Å²) in [6, 6.07) is 6.41. The average Bonchev–Trinajstić information content (AvgIpc) is 2.67. The van der Waals surface area contributed by atoms with Crippen molar-refractivity contribution in [2.75, 3.05) is 19.8 Å². The number of carbonyl (C=O) groups excluding carboxylic acids is 3. The number of carbonyl (C=O) groups is 3. The first-order valence-corrected chi connectivity index (χ1v) is 11.4. The van der Waals surface area contributed by atoms with Crippen LogP contribution in [-0.4, -0.2) is 54.3 Å². The van der Waals surface area contributed by atoms with Crippen LogP contribution in [0.5, 0.6) is 5.75 Å². The Labute approximate surface area is 196 Å². The van der Waals surface area contributed by atoms with Crippen molar-refractivity contribution in [2.24, 2.45) is 10.8 Å². The van der Waals surface area contributed by atoms with Gasteiger partial charge in [-0.1, -0.05) is 20.8 Å². The summed E-state index contributed by atoms with van der Waals surface area (Å²) in [5.41, 5.74) is -1.11. The summed E-state index contributed by atoms with van der Waals surface area (Å²) in [5, 5.41) is 15.7. The fraction of sp³-hybridized carbons (Fsp3) is 0.640. The Morgan fingerprint density at radius 2 is 1.73 bits per heavy atom. The molecule has 2 rings (SSSR count). The van der Waals surface area contributed by atoms with E-state index in [0.29, 0.717) is 17.9 Å². The second-order valence-electron chi connectivity index (χ2n) is 10.7. The molecule has 0 bridgehead atoms. The highest BCUT2D eigenvalue weighted by molar-refractivity contribution is 6.01. The van der Waals surface area contributed by atoms with E-state index in [9.17, 15) is 19.5 Å². The van der Waals surface area contributed by atoms with E-state index in [4.69, 9.17) is 9.47 Å². The molecule has 33 heavy (non-hydrogen) atoms. The van der Waals surface area contributed by atoms with Gasteiger partial charge in [0.15, 0.2) is 5.78 Å². The Morgan fingerprint density at radius 1 is 1.09 bits per heavy atom. The Balaban J connectivity index is 1.78. The van der Waals surface area contributed by atoms with E-state index in [0.717, 1.165) is 19.3 Å². The molecular formula is C25H38N2O6. The molecular weight excluding hydrogens is 424 g/mol. The van der Waals surface area contributed by atoms with Crippen LogP contribution < -0.4 is 15.4 Å². The molecule has 0 aromatic heterocycles. The number of hydrogen-bond donors (Lipinski definition) is 3. The lowest BCUT2D eigenvalue weighted by Gasteiger charge is -2.46. The zero-order chi connectivity index (χ0) is 24.9. The normalized spacial score (nSPS) is 22.2. The van der Waals surface area contributed by atoms with Crippen LogP contribution in [-0.2, 0) is 9.53 Å². The summed E-state index contributed by atoms with van der Waals surface area (Å²) >= 11 is 0. The monoisotopic (exact) mass is 462 g/mol. The number of ether oxygens (including phenoxy) is 2. The predicted octanol–water partition coefficient (Wildman–Crippen LogP) is 3.47. The number of hydrogen-bond acceptors (Lipinski definition) is 6. The minimum absolute atomic E-state index is 0.0330. The van der Waals surface area contributed by atoms with Crippen molar-refractivity contribution in [3.05, 3.63) is 29.8 Å². The van der Waals surface area contributed by atoms with E-state index >= 15 is 0 Å². The predicted molar refractivity (Wildman–Crippen MR) is 125 cm³/mol. The fourth-order valence-corrected chi connectivity index (χ4v) is 4.77. The lowest BCUT2D eigenvalue weighted by molar-refractivity contribution is -0.119. The third kappa shape index (κ3) is 8.68. The number of ketones is 1. The summed E-state index contributed by atoms with van der Waals surface area (Å²) in [6.07, 6.45) is 2.07. The SMILES string of the molecule is CC(=O)NCC1(C)CC(NC(=O)OCCOc2ccc(C(=O)C(C)(C)O)cc2)CC(C)(C)C1. The second-order valence-corrected chi connectivity index (χ2v) is 10.7. The van der Waals surface area contributed by atoms with E-state index in [1.54, 1.807) is 24.3 Å². The van der Waals surface area contributed by atoms with Gasteiger partial charge in [-0.05, 0) is 68.2 Å².